The lowest BCUT2D eigenvalue weighted by atomic mass is 9.93. The summed E-state index contributed by atoms with van der Waals surface area (Å²) in [7, 11) is 3.03. The van der Waals surface area contributed by atoms with Gasteiger partial charge in [0.05, 0.1) is 20.3 Å². The maximum Gasteiger partial charge on any atom is 0.198 e. The highest BCUT2D eigenvalue weighted by Crippen LogP contribution is 2.34. The number of carbonyl (C=O) groups excluding carboxylic acids is 1. The smallest absolute Gasteiger partial charge is 0.198 e. The molecule has 0 amide bonds. The Morgan fingerprint density at radius 1 is 1.24 bits per heavy atom. The van der Waals surface area contributed by atoms with Gasteiger partial charge in [-0.1, -0.05) is 17.7 Å². The van der Waals surface area contributed by atoms with Crippen molar-refractivity contribution in [2.45, 2.75) is 12.8 Å². The van der Waals surface area contributed by atoms with Gasteiger partial charge in [0.2, 0.25) is 0 Å². The first-order valence-electron chi connectivity index (χ1n) is 6.32. The molecule has 0 aliphatic carbocycles. The molecular formula is C16H15NO3S. The molecule has 0 saturated carbocycles. The van der Waals surface area contributed by atoms with Crippen molar-refractivity contribution in [1.29, 1.82) is 5.26 Å². The monoisotopic (exact) mass is 301 g/mol. The first kappa shape index (κ1) is 15.1. The Hall–Kier alpha value is -2.32. The van der Waals surface area contributed by atoms with E-state index in [4.69, 9.17) is 9.47 Å². The predicted octanol–water partition coefficient (Wildman–Crippen LogP) is 3.56. The minimum atomic E-state index is -0.910. The van der Waals surface area contributed by atoms with Crippen LogP contribution in [0, 0.1) is 18.3 Å². The quantitative estimate of drug-likeness (QED) is 0.792. The summed E-state index contributed by atoms with van der Waals surface area (Å²) in [6, 6.07) is 9.27. The summed E-state index contributed by atoms with van der Waals surface area (Å²) in [5.74, 6) is -0.145. The van der Waals surface area contributed by atoms with E-state index in [9.17, 15) is 10.1 Å². The van der Waals surface area contributed by atoms with Crippen LogP contribution >= 0.6 is 11.3 Å². The van der Waals surface area contributed by atoms with Crippen LogP contribution in [0.1, 0.15) is 26.7 Å². The van der Waals surface area contributed by atoms with Crippen LogP contribution in [0.5, 0.6) is 11.5 Å². The molecule has 2 rings (SSSR count). The number of nitrogens with zero attached hydrogens (tertiary/aromatic N) is 1. The molecule has 1 atom stereocenters. The van der Waals surface area contributed by atoms with E-state index in [1.165, 1.54) is 25.6 Å². The maximum absolute atomic E-state index is 12.6. The molecule has 2 aromatic rings. The molecule has 0 fully saturated rings. The number of carbonyl (C=O) groups is 1. The van der Waals surface area contributed by atoms with Gasteiger partial charge in [-0.25, -0.2) is 0 Å². The van der Waals surface area contributed by atoms with Crippen LogP contribution < -0.4 is 9.47 Å². The Bertz CT molecular complexity index is 700. The fraction of sp³-hybridized carbons (Fsp3) is 0.250. The van der Waals surface area contributed by atoms with E-state index in [1.807, 2.05) is 19.1 Å². The maximum atomic E-state index is 12.6. The first-order chi connectivity index (χ1) is 10.1. The predicted molar refractivity (Wildman–Crippen MR) is 81.3 cm³/mol. The Morgan fingerprint density at radius 3 is 2.57 bits per heavy atom. The third-order valence-electron chi connectivity index (χ3n) is 3.16. The van der Waals surface area contributed by atoms with Gasteiger partial charge >= 0.3 is 0 Å². The Kier molecular flexibility index (Phi) is 4.61. The number of rotatable bonds is 5. The number of hydrogen-bond donors (Lipinski definition) is 0. The molecule has 0 bridgehead atoms. The van der Waals surface area contributed by atoms with Gasteiger partial charge in [-0.3, -0.25) is 4.79 Å². The van der Waals surface area contributed by atoms with E-state index in [1.54, 1.807) is 17.5 Å². The number of aryl methyl sites for hydroxylation is 1. The molecule has 0 aliphatic rings. The summed E-state index contributed by atoms with van der Waals surface area (Å²) < 4.78 is 10.4. The van der Waals surface area contributed by atoms with E-state index in [0.717, 1.165) is 5.56 Å². The second-order valence-electron chi connectivity index (χ2n) is 4.49. The van der Waals surface area contributed by atoms with Crippen molar-refractivity contribution in [3.8, 4) is 17.6 Å². The molecule has 108 valence electrons. The lowest BCUT2D eigenvalue weighted by Gasteiger charge is -2.13. The summed E-state index contributed by atoms with van der Waals surface area (Å²) in [6.07, 6.45) is 0. The molecule has 0 aliphatic heterocycles. The van der Waals surface area contributed by atoms with Crippen LogP contribution in [0.2, 0.25) is 0 Å². The van der Waals surface area contributed by atoms with Gasteiger partial charge in [0.1, 0.15) is 22.3 Å². The third kappa shape index (κ3) is 2.91. The van der Waals surface area contributed by atoms with Crippen molar-refractivity contribution in [1.82, 2.24) is 0 Å². The largest absolute Gasteiger partial charge is 0.496 e. The van der Waals surface area contributed by atoms with Crippen molar-refractivity contribution < 1.29 is 14.3 Å². The number of hydrogen-bond acceptors (Lipinski definition) is 5. The van der Waals surface area contributed by atoms with E-state index >= 15 is 0 Å². The summed E-state index contributed by atoms with van der Waals surface area (Å²) in [4.78, 5) is 13.1. The summed E-state index contributed by atoms with van der Waals surface area (Å²) in [5, 5.41) is 11.2. The van der Waals surface area contributed by atoms with Crippen LogP contribution in [-0.4, -0.2) is 20.0 Å². The van der Waals surface area contributed by atoms with Crippen LogP contribution in [-0.2, 0) is 0 Å². The second-order valence-corrected chi connectivity index (χ2v) is 5.41. The molecule has 0 radical (unpaired) electrons. The molecular weight excluding hydrogens is 286 g/mol. The zero-order chi connectivity index (χ0) is 15.4. The molecule has 0 N–H and O–H groups in total. The molecule has 1 aromatic carbocycles. The molecule has 5 heteroatoms. The number of nitriles is 1. The average Bonchev–Trinajstić information content (AvgIpc) is 2.96. The Balaban J connectivity index is 2.48. The highest BCUT2D eigenvalue weighted by Gasteiger charge is 2.28. The molecule has 4 nitrogen and oxygen atoms in total. The number of methoxy groups -OCH3 is 2. The minimum absolute atomic E-state index is 0.270. The van der Waals surface area contributed by atoms with E-state index in [-0.39, 0.29) is 5.78 Å². The minimum Gasteiger partial charge on any atom is -0.496 e. The van der Waals surface area contributed by atoms with Crippen molar-refractivity contribution in [2.75, 3.05) is 14.2 Å². The van der Waals surface area contributed by atoms with Crippen molar-refractivity contribution in [3.63, 3.8) is 0 Å². The molecule has 1 heterocycles. The van der Waals surface area contributed by atoms with Crippen LogP contribution in [0.3, 0.4) is 0 Å². The molecule has 1 unspecified atom stereocenters. The van der Waals surface area contributed by atoms with Gasteiger partial charge < -0.3 is 9.47 Å². The molecule has 1 aromatic heterocycles. The van der Waals surface area contributed by atoms with Crippen molar-refractivity contribution in [2.24, 2.45) is 0 Å². The van der Waals surface area contributed by atoms with Crippen LogP contribution in [0.4, 0.5) is 0 Å². The van der Waals surface area contributed by atoms with Gasteiger partial charge in [-0.2, -0.15) is 5.26 Å². The SMILES string of the molecule is COc1ccc(C)cc1C(C#N)C(=O)c1sccc1OC. The second kappa shape index (κ2) is 6.42. The van der Waals surface area contributed by atoms with Crippen molar-refractivity contribution in [3.05, 3.63) is 45.6 Å². The number of ether oxygens (including phenoxy) is 2. The summed E-state index contributed by atoms with van der Waals surface area (Å²) >= 11 is 1.27. The third-order valence-corrected chi connectivity index (χ3v) is 4.07. The van der Waals surface area contributed by atoms with Gasteiger partial charge in [-0.15, -0.1) is 11.3 Å². The number of ketones is 1. The number of benzene rings is 1. The molecule has 0 saturated heterocycles. The molecule has 21 heavy (non-hydrogen) atoms. The lowest BCUT2D eigenvalue weighted by molar-refractivity contribution is 0.0979. The highest BCUT2D eigenvalue weighted by atomic mass is 32.1. The van der Waals surface area contributed by atoms with Gasteiger partial charge in [-0.05, 0) is 24.4 Å². The van der Waals surface area contributed by atoms with Gasteiger partial charge in [0.15, 0.2) is 5.78 Å². The topological polar surface area (TPSA) is 59.3 Å². The average molecular weight is 301 g/mol. The fourth-order valence-electron chi connectivity index (χ4n) is 2.12. The zero-order valence-corrected chi connectivity index (χ0v) is 12.9. The zero-order valence-electron chi connectivity index (χ0n) is 12.0. The van der Waals surface area contributed by atoms with E-state index < -0.39 is 5.92 Å². The highest BCUT2D eigenvalue weighted by molar-refractivity contribution is 7.12. The summed E-state index contributed by atoms with van der Waals surface area (Å²) in [6.45, 7) is 1.91. The standard InChI is InChI=1S/C16H15NO3S/c1-10-4-5-13(19-2)11(8-10)12(9-17)15(18)16-14(20-3)6-7-21-16/h4-8,12H,1-3H3. The van der Waals surface area contributed by atoms with Crippen molar-refractivity contribution >= 4 is 17.1 Å². The van der Waals surface area contributed by atoms with Gasteiger partial charge in [0.25, 0.3) is 0 Å². The molecule has 0 spiro atoms. The van der Waals surface area contributed by atoms with Crippen LogP contribution in [0.15, 0.2) is 29.6 Å². The first-order valence-corrected chi connectivity index (χ1v) is 7.20. The normalized spacial score (nSPS) is 11.5. The summed E-state index contributed by atoms with van der Waals surface area (Å²) in [5.41, 5.74) is 1.55. The Labute approximate surface area is 127 Å². The van der Waals surface area contributed by atoms with Crippen LogP contribution in [0.25, 0.3) is 0 Å². The number of Topliss-reactive ketones (excluding diaryl/α,β-unsaturated/α-hetero) is 1. The lowest BCUT2D eigenvalue weighted by Crippen LogP contribution is -2.12. The van der Waals surface area contributed by atoms with E-state index in [0.29, 0.717) is 21.9 Å². The number of thiophene rings is 1. The van der Waals surface area contributed by atoms with E-state index in [2.05, 4.69) is 6.07 Å². The Morgan fingerprint density at radius 2 is 1.95 bits per heavy atom. The van der Waals surface area contributed by atoms with Gasteiger partial charge in [0, 0.05) is 5.56 Å². The fourth-order valence-corrected chi connectivity index (χ4v) is 2.95.